The van der Waals surface area contributed by atoms with E-state index in [0.29, 0.717) is 39.6 Å². The van der Waals surface area contributed by atoms with Gasteiger partial charge in [-0.05, 0) is 63.7 Å². The van der Waals surface area contributed by atoms with E-state index in [9.17, 15) is 9.18 Å². The Kier molecular flexibility index (Phi) is 5.55. The number of amides is 1. The van der Waals surface area contributed by atoms with Crippen molar-refractivity contribution in [1.29, 1.82) is 0 Å². The number of nitrogens with zero attached hydrogens (tertiary/aromatic N) is 2. The van der Waals surface area contributed by atoms with Crippen LogP contribution < -0.4 is 5.32 Å². The van der Waals surface area contributed by atoms with Crippen LogP contribution in [0.1, 0.15) is 47.5 Å². The van der Waals surface area contributed by atoms with Gasteiger partial charge in [0.25, 0.3) is 5.91 Å². The number of aryl methyl sites for hydroxylation is 1. The lowest BCUT2D eigenvalue weighted by molar-refractivity contribution is 0.0576. The molecule has 0 unspecified atom stereocenters. The molecular weight excluding hydrogens is 361 g/mol. The highest BCUT2D eigenvalue weighted by atomic mass is 32.1. The van der Waals surface area contributed by atoms with Gasteiger partial charge < -0.3 is 10.2 Å². The van der Waals surface area contributed by atoms with Gasteiger partial charge in [-0.3, -0.25) is 4.79 Å². The Bertz CT molecular complexity index is 820. The van der Waals surface area contributed by atoms with Crippen LogP contribution >= 0.6 is 11.3 Å². The summed E-state index contributed by atoms with van der Waals surface area (Å²) in [4.78, 5) is 20.4. The third-order valence-corrected chi connectivity index (χ3v) is 7.05. The number of aromatic nitrogens is 1. The first kappa shape index (κ1) is 18.6. The molecule has 4 nitrogen and oxygen atoms in total. The van der Waals surface area contributed by atoms with Crippen molar-refractivity contribution < 1.29 is 9.18 Å². The smallest absolute Gasteiger partial charge is 0.263 e. The van der Waals surface area contributed by atoms with Crippen LogP contribution in [0.5, 0.6) is 0 Å². The molecule has 1 aromatic heterocycles. The van der Waals surface area contributed by atoms with Crippen molar-refractivity contribution in [2.24, 2.45) is 5.92 Å². The van der Waals surface area contributed by atoms with Gasteiger partial charge in [0.05, 0.1) is 5.69 Å². The first-order valence-electron chi connectivity index (χ1n) is 9.88. The fourth-order valence-corrected chi connectivity index (χ4v) is 5.49. The van der Waals surface area contributed by atoms with Gasteiger partial charge in [-0.25, -0.2) is 9.37 Å². The molecule has 1 aromatic carbocycles. The zero-order chi connectivity index (χ0) is 18.8. The average Bonchev–Trinajstić information content (AvgIpc) is 3.08. The standard InChI is InChI=1S/C21H26FN3OS/c1-14-19(27-21(24-14)16-8-2-3-9-17(16)22)20(26)23-13-15-7-6-12-25-11-5-4-10-18(15)25/h2-3,8-9,15,18H,4-7,10-13H2,1H3,(H,23,26)/t15-,18-/m1/s1. The summed E-state index contributed by atoms with van der Waals surface area (Å²) in [5.41, 5.74) is 1.12. The first-order valence-corrected chi connectivity index (χ1v) is 10.7. The predicted octanol–water partition coefficient (Wildman–Crippen LogP) is 4.25. The van der Waals surface area contributed by atoms with Crippen LogP contribution in [-0.4, -0.2) is 41.5 Å². The highest BCUT2D eigenvalue weighted by Gasteiger charge is 2.33. The third kappa shape index (κ3) is 3.92. The Balaban J connectivity index is 1.43. The van der Waals surface area contributed by atoms with E-state index >= 15 is 0 Å². The molecule has 0 saturated carbocycles. The topological polar surface area (TPSA) is 45.2 Å². The molecule has 2 aliphatic rings. The zero-order valence-corrected chi connectivity index (χ0v) is 16.5. The lowest BCUT2D eigenvalue weighted by Crippen LogP contribution is -2.50. The minimum absolute atomic E-state index is 0.0828. The van der Waals surface area contributed by atoms with Crippen molar-refractivity contribution >= 4 is 17.2 Å². The monoisotopic (exact) mass is 387 g/mol. The molecule has 2 aliphatic heterocycles. The van der Waals surface area contributed by atoms with Gasteiger partial charge in [0.15, 0.2) is 0 Å². The van der Waals surface area contributed by atoms with Gasteiger partial charge in [0.1, 0.15) is 15.7 Å². The van der Waals surface area contributed by atoms with Gasteiger partial charge in [-0.15, -0.1) is 11.3 Å². The summed E-state index contributed by atoms with van der Waals surface area (Å²) in [6, 6.07) is 7.18. The number of piperidine rings is 2. The molecule has 2 atom stereocenters. The molecule has 1 amide bonds. The first-order chi connectivity index (χ1) is 13.1. The summed E-state index contributed by atoms with van der Waals surface area (Å²) < 4.78 is 14.0. The number of hydrogen-bond acceptors (Lipinski definition) is 4. The highest BCUT2D eigenvalue weighted by molar-refractivity contribution is 7.17. The molecule has 6 heteroatoms. The van der Waals surface area contributed by atoms with E-state index in [-0.39, 0.29) is 11.7 Å². The number of halogens is 1. The highest BCUT2D eigenvalue weighted by Crippen LogP contribution is 2.32. The molecule has 0 spiro atoms. The van der Waals surface area contributed by atoms with E-state index in [1.54, 1.807) is 18.2 Å². The minimum atomic E-state index is -0.308. The Morgan fingerprint density at radius 1 is 1.26 bits per heavy atom. The van der Waals surface area contributed by atoms with Gasteiger partial charge in [-0.2, -0.15) is 0 Å². The van der Waals surface area contributed by atoms with Crippen LogP contribution in [-0.2, 0) is 0 Å². The third-order valence-electron chi connectivity index (χ3n) is 5.86. The fraction of sp³-hybridized carbons (Fsp3) is 0.524. The lowest BCUT2D eigenvalue weighted by atomic mass is 9.83. The Labute approximate surface area is 163 Å². The van der Waals surface area contributed by atoms with E-state index in [0.717, 1.165) is 0 Å². The summed E-state index contributed by atoms with van der Waals surface area (Å²) in [5, 5.41) is 3.69. The quantitative estimate of drug-likeness (QED) is 0.853. The molecule has 27 heavy (non-hydrogen) atoms. The number of nitrogens with one attached hydrogen (secondary N) is 1. The maximum absolute atomic E-state index is 14.0. The van der Waals surface area contributed by atoms with Crippen molar-refractivity contribution in [3.8, 4) is 10.6 Å². The maximum Gasteiger partial charge on any atom is 0.263 e. The van der Waals surface area contributed by atoms with Crippen molar-refractivity contribution in [2.75, 3.05) is 19.6 Å². The molecular formula is C21H26FN3OS. The number of carbonyl (C=O) groups excluding carboxylic acids is 1. The molecule has 3 heterocycles. The van der Waals surface area contributed by atoms with E-state index < -0.39 is 0 Å². The molecule has 2 aromatic rings. The van der Waals surface area contributed by atoms with E-state index in [2.05, 4.69) is 15.2 Å². The predicted molar refractivity (Wildman–Crippen MR) is 107 cm³/mol. The number of thiazole rings is 1. The fourth-order valence-electron chi connectivity index (χ4n) is 4.48. The Morgan fingerprint density at radius 3 is 2.93 bits per heavy atom. The van der Waals surface area contributed by atoms with Gasteiger partial charge in [0, 0.05) is 18.2 Å². The Hall–Kier alpha value is -1.79. The zero-order valence-electron chi connectivity index (χ0n) is 15.7. The van der Waals surface area contributed by atoms with Crippen LogP contribution in [0, 0.1) is 18.7 Å². The molecule has 0 radical (unpaired) electrons. The molecule has 0 bridgehead atoms. The SMILES string of the molecule is Cc1nc(-c2ccccc2F)sc1C(=O)NC[C@H]1CCCN2CCCC[C@H]12. The second kappa shape index (κ2) is 8.07. The van der Waals surface area contributed by atoms with E-state index in [1.807, 2.05) is 6.92 Å². The van der Waals surface area contributed by atoms with Crippen LogP contribution in [0.25, 0.3) is 10.6 Å². The molecule has 0 aliphatic carbocycles. The largest absolute Gasteiger partial charge is 0.351 e. The summed E-state index contributed by atoms with van der Waals surface area (Å²) in [6.07, 6.45) is 6.25. The Morgan fingerprint density at radius 2 is 2.07 bits per heavy atom. The maximum atomic E-state index is 14.0. The lowest BCUT2D eigenvalue weighted by Gasteiger charge is -2.44. The van der Waals surface area contributed by atoms with Crippen molar-refractivity contribution in [3.63, 3.8) is 0 Å². The number of hydrogen-bond donors (Lipinski definition) is 1. The van der Waals surface area contributed by atoms with Crippen molar-refractivity contribution in [1.82, 2.24) is 15.2 Å². The van der Waals surface area contributed by atoms with Gasteiger partial charge in [-0.1, -0.05) is 18.6 Å². The van der Waals surface area contributed by atoms with Crippen LogP contribution in [0.15, 0.2) is 24.3 Å². The summed E-state index contributed by atoms with van der Waals surface area (Å²) >= 11 is 1.27. The second-order valence-electron chi connectivity index (χ2n) is 7.62. The molecule has 2 fully saturated rings. The normalized spacial score (nSPS) is 23.0. The van der Waals surface area contributed by atoms with Crippen LogP contribution in [0.2, 0.25) is 0 Å². The summed E-state index contributed by atoms with van der Waals surface area (Å²) in [7, 11) is 0. The number of rotatable bonds is 4. The average molecular weight is 388 g/mol. The number of benzene rings is 1. The summed E-state index contributed by atoms with van der Waals surface area (Å²) in [6.45, 7) is 4.94. The molecule has 2 saturated heterocycles. The minimum Gasteiger partial charge on any atom is -0.351 e. The number of fused-ring (bicyclic) bond motifs is 1. The molecule has 1 N–H and O–H groups in total. The second-order valence-corrected chi connectivity index (χ2v) is 8.62. The van der Waals surface area contributed by atoms with Crippen LogP contribution in [0.4, 0.5) is 4.39 Å². The molecule has 4 rings (SSSR count). The molecule has 144 valence electrons. The van der Waals surface area contributed by atoms with Crippen molar-refractivity contribution in [3.05, 3.63) is 40.7 Å². The van der Waals surface area contributed by atoms with Gasteiger partial charge in [0.2, 0.25) is 0 Å². The number of carbonyl (C=O) groups is 1. The van der Waals surface area contributed by atoms with E-state index in [1.165, 1.54) is 62.6 Å². The van der Waals surface area contributed by atoms with Gasteiger partial charge >= 0.3 is 0 Å². The van der Waals surface area contributed by atoms with Crippen LogP contribution in [0.3, 0.4) is 0 Å². The van der Waals surface area contributed by atoms with E-state index in [4.69, 9.17) is 0 Å². The summed E-state index contributed by atoms with van der Waals surface area (Å²) in [5.74, 6) is 0.139. The van der Waals surface area contributed by atoms with Crippen molar-refractivity contribution in [2.45, 2.75) is 45.1 Å².